The number of hydrogen-bond donors (Lipinski definition) is 1. The summed E-state index contributed by atoms with van der Waals surface area (Å²) in [5.41, 5.74) is 0.0417. The van der Waals surface area contributed by atoms with Crippen LogP contribution in [0, 0.1) is 5.82 Å². The van der Waals surface area contributed by atoms with Crippen LogP contribution in [0.1, 0.15) is 46.5 Å². The predicted molar refractivity (Wildman–Crippen MR) is 83.7 cm³/mol. The van der Waals surface area contributed by atoms with Gasteiger partial charge in [-0.3, -0.25) is 0 Å². The first kappa shape index (κ1) is 15.8. The van der Waals surface area contributed by atoms with Crippen LogP contribution in [0.5, 0.6) is 5.75 Å². The van der Waals surface area contributed by atoms with Crippen LogP contribution in [0.3, 0.4) is 0 Å². The highest BCUT2D eigenvalue weighted by atomic mass is 79.9. The van der Waals surface area contributed by atoms with Gasteiger partial charge in [-0.2, -0.15) is 0 Å². The van der Waals surface area contributed by atoms with Crippen LogP contribution in [-0.4, -0.2) is 17.7 Å². The Kier molecular flexibility index (Phi) is 4.75. The van der Waals surface area contributed by atoms with Gasteiger partial charge < -0.3 is 10.1 Å². The van der Waals surface area contributed by atoms with Crippen LogP contribution in [-0.2, 0) is 0 Å². The number of hydrogen-bond acceptors (Lipinski definition) is 2. The van der Waals surface area contributed by atoms with Crippen molar-refractivity contribution in [2.75, 3.05) is 6.54 Å². The third kappa shape index (κ3) is 4.19. The summed E-state index contributed by atoms with van der Waals surface area (Å²) in [5.74, 6) is 0.489. The molecule has 0 bridgehead atoms. The van der Waals surface area contributed by atoms with Crippen LogP contribution in [0.15, 0.2) is 22.7 Å². The molecule has 1 N–H and O–H groups in total. The van der Waals surface area contributed by atoms with Gasteiger partial charge in [0.05, 0.1) is 4.47 Å². The molecule has 1 saturated carbocycles. The predicted octanol–water partition coefficient (Wildman–Crippen LogP) is 4.67. The van der Waals surface area contributed by atoms with Crippen molar-refractivity contribution in [1.29, 1.82) is 0 Å². The topological polar surface area (TPSA) is 21.3 Å². The van der Waals surface area contributed by atoms with Crippen LogP contribution >= 0.6 is 15.9 Å². The van der Waals surface area contributed by atoms with E-state index >= 15 is 0 Å². The first-order valence-electron chi connectivity index (χ1n) is 7.19. The largest absolute Gasteiger partial charge is 0.486 e. The fourth-order valence-corrected chi connectivity index (χ4v) is 2.86. The SMILES string of the molecule is CC(C)(C)NCCC1(Oc2ccc(F)cc2Br)CCC1. The van der Waals surface area contributed by atoms with Crippen molar-refractivity contribution in [2.45, 2.75) is 57.6 Å². The zero-order valence-electron chi connectivity index (χ0n) is 12.4. The van der Waals surface area contributed by atoms with Crippen LogP contribution in [0.2, 0.25) is 0 Å². The molecule has 0 atom stereocenters. The molecule has 2 nitrogen and oxygen atoms in total. The highest BCUT2D eigenvalue weighted by Gasteiger charge is 2.39. The maximum absolute atomic E-state index is 13.1. The quantitative estimate of drug-likeness (QED) is 0.838. The summed E-state index contributed by atoms with van der Waals surface area (Å²) in [6, 6.07) is 4.60. The van der Waals surface area contributed by atoms with Crippen molar-refractivity contribution in [2.24, 2.45) is 0 Å². The molecular formula is C16H23BrFNO. The molecule has 112 valence electrons. The molecule has 0 saturated heterocycles. The van der Waals surface area contributed by atoms with E-state index in [9.17, 15) is 4.39 Å². The van der Waals surface area contributed by atoms with Crippen LogP contribution in [0.4, 0.5) is 4.39 Å². The molecule has 1 aromatic rings. The van der Waals surface area contributed by atoms with E-state index in [1.54, 1.807) is 6.07 Å². The molecule has 0 spiro atoms. The number of nitrogens with one attached hydrogen (secondary N) is 1. The van der Waals surface area contributed by atoms with Gasteiger partial charge in [0.2, 0.25) is 0 Å². The Morgan fingerprint density at radius 3 is 2.55 bits per heavy atom. The molecule has 1 aliphatic rings. The molecule has 0 aromatic heterocycles. The zero-order valence-corrected chi connectivity index (χ0v) is 14.0. The summed E-state index contributed by atoms with van der Waals surface area (Å²) in [6.45, 7) is 7.43. The van der Waals surface area contributed by atoms with Gasteiger partial charge in [0.15, 0.2) is 0 Å². The van der Waals surface area contributed by atoms with Gasteiger partial charge in [0.1, 0.15) is 17.2 Å². The minimum absolute atomic E-state index is 0.0847. The Bertz CT molecular complexity index is 466. The molecule has 0 aliphatic heterocycles. The summed E-state index contributed by atoms with van der Waals surface area (Å²) < 4.78 is 20.0. The number of rotatable bonds is 5. The number of benzene rings is 1. The maximum Gasteiger partial charge on any atom is 0.134 e. The van der Waals surface area contributed by atoms with Crippen molar-refractivity contribution in [3.8, 4) is 5.75 Å². The molecule has 1 aliphatic carbocycles. The monoisotopic (exact) mass is 343 g/mol. The van der Waals surface area contributed by atoms with Gasteiger partial charge in [-0.05, 0) is 87.1 Å². The highest BCUT2D eigenvalue weighted by Crippen LogP contribution is 2.41. The lowest BCUT2D eigenvalue weighted by atomic mass is 9.77. The first-order valence-corrected chi connectivity index (χ1v) is 7.98. The summed E-state index contributed by atoms with van der Waals surface area (Å²) >= 11 is 3.37. The fraction of sp³-hybridized carbons (Fsp3) is 0.625. The van der Waals surface area contributed by atoms with Gasteiger partial charge >= 0.3 is 0 Å². The van der Waals surface area contributed by atoms with E-state index in [2.05, 4.69) is 42.0 Å². The third-order valence-corrected chi connectivity index (χ3v) is 4.34. The first-order chi connectivity index (χ1) is 9.30. The second-order valence-electron chi connectivity index (χ2n) is 6.64. The van der Waals surface area contributed by atoms with E-state index in [0.717, 1.165) is 31.6 Å². The second kappa shape index (κ2) is 6.02. The standard InChI is InChI=1S/C16H23BrFNO/c1-15(2,3)19-10-9-16(7-4-8-16)20-14-6-5-12(18)11-13(14)17/h5-6,11,19H,4,7-10H2,1-3H3. The van der Waals surface area contributed by atoms with Crippen molar-refractivity contribution in [3.63, 3.8) is 0 Å². The minimum atomic E-state index is -0.249. The van der Waals surface area contributed by atoms with Gasteiger partial charge in [-0.25, -0.2) is 4.39 Å². The number of ether oxygens (including phenoxy) is 1. The Morgan fingerprint density at radius 1 is 1.35 bits per heavy atom. The smallest absolute Gasteiger partial charge is 0.134 e. The summed E-state index contributed by atoms with van der Waals surface area (Å²) in [4.78, 5) is 0. The van der Waals surface area contributed by atoms with Crippen LogP contribution < -0.4 is 10.1 Å². The molecule has 0 radical (unpaired) electrons. The van der Waals surface area contributed by atoms with Crippen molar-refractivity contribution in [3.05, 3.63) is 28.5 Å². The molecule has 1 fully saturated rings. The molecule has 1 aromatic carbocycles. The lowest BCUT2D eigenvalue weighted by Gasteiger charge is -2.43. The minimum Gasteiger partial charge on any atom is -0.486 e. The normalized spacial score (nSPS) is 17.6. The van der Waals surface area contributed by atoms with E-state index in [0.29, 0.717) is 4.47 Å². The molecule has 0 unspecified atom stereocenters. The van der Waals surface area contributed by atoms with E-state index in [1.807, 2.05) is 0 Å². The second-order valence-corrected chi connectivity index (χ2v) is 7.49. The van der Waals surface area contributed by atoms with Crippen molar-refractivity contribution in [1.82, 2.24) is 5.32 Å². The molecule has 2 rings (SSSR count). The van der Waals surface area contributed by atoms with Gasteiger partial charge in [-0.1, -0.05) is 0 Å². The molecular weight excluding hydrogens is 321 g/mol. The lowest BCUT2D eigenvalue weighted by molar-refractivity contribution is -0.0159. The molecule has 0 amide bonds. The maximum atomic E-state index is 13.1. The van der Waals surface area contributed by atoms with E-state index < -0.39 is 0 Å². The van der Waals surface area contributed by atoms with Gasteiger partial charge in [0, 0.05) is 5.54 Å². The van der Waals surface area contributed by atoms with Crippen LogP contribution in [0.25, 0.3) is 0 Å². The average molecular weight is 344 g/mol. The fourth-order valence-electron chi connectivity index (χ4n) is 2.43. The molecule has 20 heavy (non-hydrogen) atoms. The molecule has 4 heteroatoms. The Labute approximate surface area is 129 Å². The van der Waals surface area contributed by atoms with Crippen molar-refractivity contribution < 1.29 is 9.13 Å². The Morgan fingerprint density at radius 2 is 2.05 bits per heavy atom. The summed E-state index contributed by atoms with van der Waals surface area (Å²) in [7, 11) is 0. The Balaban J connectivity index is 1.97. The van der Waals surface area contributed by atoms with Gasteiger partial charge in [-0.15, -0.1) is 0 Å². The summed E-state index contributed by atoms with van der Waals surface area (Å²) in [6.07, 6.45) is 4.33. The Hall–Kier alpha value is -0.610. The summed E-state index contributed by atoms with van der Waals surface area (Å²) in [5, 5.41) is 3.50. The zero-order chi connectivity index (χ0) is 14.8. The molecule has 0 heterocycles. The van der Waals surface area contributed by atoms with E-state index in [4.69, 9.17) is 4.74 Å². The average Bonchev–Trinajstić information content (AvgIpc) is 2.27. The highest BCUT2D eigenvalue weighted by molar-refractivity contribution is 9.10. The number of halogens is 2. The third-order valence-electron chi connectivity index (χ3n) is 3.72. The van der Waals surface area contributed by atoms with E-state index in [-0.39, 0.29) is 17.0 Å². The lowest BCUT2D eigenvalue weighted by Crippen LogP contribution is -2.47. The van der Waals surface area contributed by atoms with Crippen molar-refractivity contribution >= 4 is 15.9 Å². The van der Waals surface area contributed by atoms with Gasteiger partial charge in [0.25, 0.3) is 0 Å². The van der Waals surface area contributed by atoms with E-state index in [1.165, 1.54) is 18.6 Å².